The Hall–Kier alpha value is -2.88. The molecule has 2 aliphatic carbocycles. The van der Waals surface area contributed by atoms with Crippen LogP contribution in [0.4, 0.5) is 5.69 Å². The van der Waals surface area contributed by atoms with Crippen molar-refractivity contribution in [2.45, 2.75) is 65.3 Å². The highest BCUT2D eigenvalue weighted by Gasteiger charge is 2.55. The number of methoxy groups -OCH3 is 1. The van der Waals surface area contributed by atoms with E-state index in [-0.39, 0.29) is 40.3 Å². The maximum Gasteiger partial charge on any atom is 0.161 e. The fourth-order valence-electron chi connectivity index (χ4n) is 6.69. The van der Waals surface area contributed by atoms with Crippen molar-refractivity contribution >= 4 is 17.3 Å². The van der Waals surface area contributed by atoms with Gasteiger partial charge in [0.15, 0.2) is 5.78 Å². The molecular formula is C30H35NO3. The van der Waals surface area contributed by atoms with Gasteiger partial charge in [0, 0.05) is 53.2 Å². The molecule has 3 aliphatic rings. The fourth-order valence-corrected chi connectivity index (χ4v) is 6.69. The number of allylic oxidation sites excluding steroid dienone is 2. The minimum Gasteiger partial charge on any atom is -0.496 e. The molecule has 0 amide bonds. The molecule has 0 aromatic heterocycles. The van der Waals surface area contributed by atoms with Crippen LogP contribution in [-0.4, -0.2) is 24.7 Å². The third-order valence-electron chi connectivity index (χ3n) is 7.90. The minimum absolute atomic E-state index is 0.00554. The van der Waals surface area contributed by atoms with E-state index in [1.165, 1.54) is 0 Å². The second-order valence-electron chi connectivity index (χ2n) is 11.8. The summed E-state index contributed by atoms with van der Waals surface area (Å²) in [6.45, 7) is 8.75. The lowest BCUT2D eigenvalue weighted by molar-refractivity contribution is -0.130. The SMILES string of the molecule is COc1ccccc1[C@@H]1C2=C(CC(C)(C)CC2=O)N(c2ccccc2)[C@@H]2CC(C)(C)CC(=O)[C@@H]21. The van der Waals surface area contributed by atoms with Crippen LogP contribution in [0.5, 0.6) is 5.75 Å². The molecule has 0 N–H and O–H groups in total. The Balaban J connectivity index is 1.82. The van der Waals surface area contributed by atoms with Gasteiger partial charge >= 0.3 is 0 Å². The van der Waals surface area contributed by atoms with Gasteiger partial charge in [-0.3, -0.25) is 9.59 Å². The summed E-state index contributed by atoms with van der Waals surface area (Å²) in [7, 11) is 1.67. The fraction of sp³-hybridized carbons (Fsp3) is 0.467. The van der Waals surface area contributed by atoms with Gasteiger partial charge in [-0.1, -0.05) is 64.1 Å². The Morgan fingerprint density at radius 3 is 2.24 bits per heavy atom. The molecule has 0 bridgehead atoms. The van der Waals surface area contributed by atoms with E-state index in [0.29, 0.717) is 12.8 Å². The van der Waals surface area contributed by atoms with Crippen molar-refractivity contribution in [1.29, 1.82) is 0 Å². The number of hydrogen-bond donors (Lipinski definition) is 0. The van der Waals surface area contributed by atoms with E-state index in [1.54, 1.807) is 7.11 Å². The maximum absolute atomic E-state index is 13.9. The van der Waals surface area contributed by atoms with Crippen molar-refractivity contribution in [3.05, 3.63) is 71.4 Å². The Kier molecular flexibility index (Phi) is 5.46. The van der Waals surface area contributed by atoms with Gasteiger partial charge in [-0.2, -0.15) is 0 Å². The molecule has 5 rings (SSSR count). The molecule has 0 spiro atoms. The first kappa shape index (κ1) is 22.9. The van der Waals surface area contributed by atoms with Crippen molar-refractivity contribution in [2.75, 3.05) is 12.0 Å². The number of Topliss-reactive ketones (excluding diaryl/α,β-unsaturated/α-hetero) is 2. The van der Waals surface area contributed by atoms with Crippen LogP contribution in [-0.2, 0) is 9.59 Å². The summed E-state index contributed by atoms with van der Waals surface area (Å²) in [5, 5.41) is 0. The van der Waals surface area contributed by atoms with Crippen LogP contribution in [0.15, 0.2) is 65.9 Å². The summed E-state index contributed by atoms with van der Waals surface area (Å²) < 4.78 is 5.76. The summed E-state index contributed by atoms with van der Waals surface area (Å²) in [4.78, 5) is 30.2. The van der Waals surface area contributed by atoms with Crippen molar-refractivity contribution in [3.8, 4) is 5.75 Å². The standard InChI is InChI=1S/C30H35NO3/c1-29(2)15-21-27(23(32)17-29)26(20-13-9-10-14-25(20)34-5)28-22(16-30(3,4)18-24(28)33)31(21)19-11-7-6-8-12-19/h6-14,21,26-27H,15-18H2,1-5H3/t21-,26+,27-/m1/s1. The van der Waals surface area contributed by atoms with Crippen LogP contribution in [0.3, 0.4) is 0 Å². The van der Waals surface area contributed by atoms with Crippen molar-refractivity contribution in [2.24, 2.45) is 16.7 Å². The predicted octanol–water partition coefficient (Wildman–Crippen LogP) is 6.32. The van der Waals surface area contributed by atoms with E-state index in [0.717, 1.165) is 41.1 Å². The topological polar surface area (TPSA) is 46.6 Å². The average molecular weight is 458 g/mol. The number of nitrogens with zero attached hydrogens (tertiary/aromatic N) is 1. The Morgan fingerprint density at radius 1 is 0.853 bits per heavy atom. The van der Waals surface area contributed by atoms with Crippen molar-refractivity contribution < 1.29 is 14.3 Å². The number of carbonyl (C=O) groups is 2. The molecule has 2 aromatic rings. The Labute approximate surface area is 203 Å². The first-order valence-corrected chi connectivity index (χ1v) is 12.4. The number of carbonyl (C=O) groups excluding carboxylic acids is 2. The third kappa shape index (κ3) is 3.77. The van der Waals surface area contributed by atoms with Gasteiger partial charge in [-0.15, -0.1) is 0 Å². The monoisotopic (exact) mass is 457 g/mol. The zero-order valence-electron chi connectivity index (χ0n) is 20.9. The van der Waals surface area contributed by atoms with Gasteiger partial charge < -0.3 is 9.64 Å². The Morgan fingerprint density at radius 2 is 1.53 bits per heavy atom. The number of ketones is 2. The molecule has 1 aliphatic heterocycles. The zero-order chi connectivity index (χ0) is 24.3. The number of rotatable bonds is 3. The third-order valence-corrected chi connectivity index (χ3v) is 7.90. The Bertz CT molecular complexity index is 1160. The van der Waals surface area contributed by atoms with Gasteiger partial charge in [0.25, 0.3) is 0 Å². The van der Waals surface area contributed by atoms with Gasteiger partial charge in [0.2, 0.25) is 0 Å². The van der Waals surface area contributed by atoms with Gasteiger partial charge in [0.1, 0.15) is 11.5 Å². The molecule has 178 valence electrons. The molecule has 3 atom stereocenters. The summed E-state index contributed by atoms with van der Waals surface area (Å²) in [5.74, 6) is 0.611. The molecule has 34 heavy (non-hydrogen) atoms. The van der Waals surface area contributed by atoms with E-state index >= 15 is 0 Å². The predicted molar refractivity (Wildman–Crippen MR) is 135 cm³/mol. The normalized spacial score (nSPS) is 27.8. The van der Waals surface area contributed by atoms with E-state index in [9.17, 15) is 9.59 Å². The summed E-state index contributed by atoms with van der Waals surface area (Å²) in [5.41, 5.74) is 3.72. The summed E-state index contributed by atoms with van der Waals surface area (Å²) in [6.07, 6.45) is 2.74. The highest BCUT2D eigenvalue weighted by Crippen LogP contribution is 2.57. The first-order valence-electron chi connectivity index (χ1n) is 12.4. The molecule has 1 saturated carbocycles. The lowest BCUT2D eigenvalue weighted by atomic mass is 9.58. The van der Waals surface area contributed by atoms with Crippen LogP contribution in [0, 0.1) is 16.7 Å². The van der Waals surface area contributed by atoms with Crippen LogP contribution in [0.2, 0.25) is 0 Å². The van der Waals surface area contributed by atoms with E-state index in [1.807, 2.05) is 42.5 Å². The quantitative estimate of drug-likeness (QED) is 0.541. The van der Waals surface area contributed by atoms with Crippen LogP contribution in [0.25, 0.3) is 0 Å². The molecule has 4 heteroatoms. The number of anilines is 1. The van der Waals surface area contributed by atoms with E-state index < -0.39 is 0 Å². The van der Waals surface area contributed by atoms with Gasteiger partial charge in [-0.05, 0) is 41.9 Å². The van der Waals surface area contributed by atoms with Crippen molar-refractivity contribution in [1.82, 2.24) is 0 Å². The number of para-hydroxylation sites is 2. The summed E-state index contributed by atoms with van der Waals surface area (Å²) in [6, 6.07) is 18.3. The van der Waals surface area contributed by atoms with Crippen LogP contribution < -0.4 is 9.64 Å². The molecule has 2 aromatic carbocycles. The van der Waals surface area contributed by atoms with Gasteiger partial charge in [0.05, 0.1) is 7.11 Å². The lowest BCUT2D eigenvalue weighted by Crippen LogP contribution is -2.57. The molecule has 1 heterocycles. The molecular weight excluding hydrogens is 422 g/mol. The highest BCUT2D eigenvalue weighted by molar-refractivity contribution is 6.02. The molecule has 0 saturated heterocycles. The number of fused-ring (bicyclic) bond motifs is 1. The number of hydrogen-bond acceptors (Lipinski definition) is 4. The van der Waals surface area contributed by atoms with Gasteiger partial charge in [-0.25, -0.2) is 0 Å². The first-order chi connectivity index (χ1) is 16.1. The highest BCUT2D eigenvalue weighted by atomic mass is 16.5. The average Bonchev–Trinajstić information content (AvgIpc) is 2.76. The minimum atomic E-state index is -0.284. The van der Waals surface area contributed by atoms with Crippen LogP contribution in [0.1, 0.15) is 64.9 Å². The smallest absolute Gasteiger partial charge is 0.161 e. The molecule has 4 nitrogen and oxygen atoms in total. The summed E-state index contributed by atoms with van der Waals surface area (Å²) >= 11 is 0. The second-order valence-corrected chi connectivity index (χ2v) is 11.8. The van der Waals surface area contributed by atoms with E-state index in [4.69, 9.17) is 4.74 Å². The number of ether oxygens (including phenoxy) is 1. The van der Waals surface area contributed by atoms with Crippen LogP contribution >= 0.6 is 0 Å². The largest absolute Gasteiger partial charge is 0.496 e. The molecule has 0 radical (unpaired) electrons. The van der Waals surface area contributed by atoms with E-state index in [2.05, 4.69) is 44.7 Å². The maximum atomic E-state index is 13.9. The van der Waals surface area contributed by atoms with Crippen molar-refractivity contribution in [3.63, 3.8) is 0 Å². The molecule has 1 fully saturated rings. The zero-order valence-corrected chi connectivity index (χ0v) is 20.9. The lowest BCUT2D eigenvalue weighted by Gasteiger charge is -2.55. The number of benzene rings is 2. The second kappa shape index (κ2) is 8.11. The molecule has 0 unspecified atom stereocenters.